The monoisotopic (exact) mass is 470 g/mol. The molecule has 7 nitrogen and oxygen atoms in total. The summed E-state index contributed by atoms with van der Waals surface area (Å²) in [6.45, 7) is 11.0. The Labute approximate surface area is 206 Å². The average Bonchev–Trinajstić information content (AvgIpc) is 3.16. The largest absolute Gasteiger partial charge is 0.372 e. The molecule has 4 rings (SSSR count). The zero-order valence-electron chi connectivity index (χ0n) is 20.8. The van der Waals surface area contributed by atoms with Crippen LogP contribution in [0.2, 0.25) is 0 Å². The number of ether oxygens (including phenoxy) is 1. The van der Waals surface area contributed by atoms with Crippen LogP contribution < -0.4 is 5.32 Å². The number of aliphatic imine (C=N–C) groups is 1. The van der Waals surface area contributed by atoms with Gasteiger partial charge in [0.25, 0.3) is 11.8 Å². The summed E-state index contributed by atoms with van der Waals surface area (Å²) in [4.78, 5) is 32.5. The molecule has 0 aromatic heterocycles. The number of rotatable bonds is 2. The van der Waals surface area contributed by atoms with E-state index in [2.05, 4.69) is 37.1 Å². The number of carbonyl (C=O) groups excluding carboxylic acids is 2. The molecule has 2 unspecified atom stereocenters. The minimum absolute atomic E-state index is 0.0144. The van der Waals surface area contributed by atoms with Gasteiger partial charge in [0.1, 0.15) is 17.5 Å². The van der Waals surface area contributed by atoms with E-state index in [9.17, 15) is 14.9 Å². The van der Waals surface area contributed by atoms with Crippen LogP contribution in [0.3, 0.4) is 0 Å². The molecule has 180 valence electrons. The summed E-state index contributed by atoms with van der Waals surface area (Å²) >= 11 is 0. The number of hydrogen-bond donors (Lipinski definition) is 1. The van der Waals surface area contributed by atoms with E-state index in [0.29, 0.717) is 35.6 Å². The van der Waals surface area contributed by atoms with Gasteiger partial charge < -0.3 is 15.0 Å². The van der Waals surface area contributed by atoms with Gasteiger partial charge in [0.2, 0.25) is 0 Å². The third kappa shape index (κ3) is 5.03. The Morgan fingerprint density at radius 2 is 1.63 bits per heavy atom. The molecule has 0 radical (unpaired) electrons. The topological polar surface area (TPSA) is 94.8 Å². The fourth-order valence-corrected chi connectivity index (χ4v) is 4.42. The van der Waals surface area contributed by atoms with Crippen LogP contribution >= 0.6 is 0 Å². The van der Waals surface area contributed by atoms with Gasteiger partial charge >= 0.3 is 0 Å². The van der Waals surface area contributed by atoms with E-state index in [-0.39, 0.29) is 40.7 Å². The van der Waals surface area contributed by atoms with Crippen molar-refractivity contribution in [2.75, 3.05) is 13.1 Å². The zero-order chi connectivity index (χ0) is 25.3. The van der Waals surface area contributed by atoms with Gasteiger partial charge in [-0.2, -0.15) is 5.26 Å². The number of amidine groups is 1. The number of fused-ring (bicyclic) bond motifs is 1. The number of nitrogens with zero attached hydrogens (tertiary/aromatic N) is 3. The number of carbonyl (C=O) groups is 2. The summed E-state index contributed by atoms with van der Waals surface area (Å²) in [6.07, 6.45) is -0.238. The molecule has 2 aliphatic heterocycles. The fraction of sp³-hybridized carbons (Fsp3) is 0.357. The Hall–Kier alpha value is -3.76. The highest BCUT2D eigenvalue weighted by atomic mass is 16.5. The molecular weight excluding hydrogens is 440 g/mol. The number of benzene rings is 2. The highest BCUT2D eigenvalue weighted by Gasteiger charge is 2.32. The van der Waals surface area contributed by atoms with E-state index in [4.69, 9.17) is 4.74 Å². The molecule has 2 amide bonds. The number of nitrogens with one attached hydrogen (secondary N) is 1. The second-order valence-electron chi connectivity index (χ2n) is 10.1. The van der Waals surface area contributed by atoms with Crippen LogP contribution in [0.1, 0.15) is 61.7 Å². The minimum atomic E-state index is -0.381. The molecule has 1 fully saturated rings. The average molecular weight is 471 g/mol. The van der Waals surface area contributed by atoms with Crippen molar-refractivity contribution < 1.29 is 14.3 Å². The molecule has 0 saturated carbocycles. The van der Waals surface area contributed by atoms with Gasteiger partial charge in [0.05, 0.1) is 17.9 Å². The summed E-state index contributed by atoms with van der Waals surface area (Å²) in [5, 5.41) is 12.8. The van der Waals surface area contributed by atoms with Crippen LogP contribution in [0.5, 0.6) is 0 Å². The second kappa shape index (κ2) is 9.47. The summed E-state index contributed by atoms with van der Waals surface area (Å²) < 4.78 is 5.72. The van der Waals surface area contributed by atoms with Gasteiger partial charge in [-0.15, -0.1) is 0 Å². The van der Waals surface area contributed by atoms with Crippen LogP contribution in [-0.4, -0.2) is 47.8 Å². The molecular formula is C28H30N4O3. The van der Waals surface area contributed by atoms with Crippen molar-refractivity contribution in [2.24, 2.45) is 4.99 Å². The maximum atomic E-state index is 13.3. The highest BCUT2D eigenvalue weighted by molar-refractivity contribution is 6.20. The van der Waals surface area contributed by atoms with E-state index in [1.54, 1.807) is 23.1 Å². The van der Waals surface area contributed by atoms with Crippen molar-refractivity contribution in [3.8, 4) is 6.07 Å². The summed E-state index contributed by atoms with van der Waals surface area (Å²) in [6, 6.07) is 16.8. The lowest BCUT2D eigenvalue weighted by Gasteiger charge is -2.35. The quantitative estimate of drug-likeness (QED) is 0.529. The lowest BCUT2D eigenvalue weighted by Crippen LogP contribution is -2.48. The first kappa shape index (κ1) is 24.4. The Balaban J connectivity index is 1.66. The smallest absolute Gasteiger partial charge is 0.266 e. The number of amides is 2. The van der Waals surface area contributed by atoms with E-state index >= 15 is 0 Å². The fourth-order valence-electron chi connectivity index (χ4n) is 4.42. The van der Waals surface area contributed by atoms with Gasteiger partial charge in [0.15, 0.2) is 0 Å². The molecule has 0 bridgehead atoms. The van der Waals surface area contributed by atoms with E-state index < -0.39 is 0 Å². The first-order valence-corrected chi connectivity index (χ1v) is 11.8. The molecule has 2 aromatic rings. The summed E-state index contributed by atoms with van der Waals surface area (Å²) in [7, 11) is 0. The number of nitriles is 1. The summed E-state index contributed by atoms with van der Waals surface area (Å²) in [5.74, 6) is -0.362. The van der Waals surface area contributed by atoms with Gasteiger partial charge in [-0.1, -0.05) is 57.2 Å². The molecule has 1 saturated heterocycles. The predicted octanol–water partition coefficient (Wildman–Crippen LogP) is 4.04. The van der Waals surface area contributed by atoms with E-state index in [1.165, 1.54) is 0 Å². The van der Waals surface area contributed by atoms with E-state index in [0.717, 1.165) is 5.56 Å². The van der Waals surface area contributed by atoms with Crippen molar-refractivity contribution in [1.29, 1.82) is 5.26 Å². The maximum absolute atomic E-state index is 13.3. The van der Waals surface area contributed by atoms with Crippen LogP contribution in [0, 0.1) is 11.3 Å². The molecule has 0 aliphatic carbocycles. The van der Waals surface area contributed by atoms with E-state index in [1.807, 2.05) is 44.2 Å². The van der Waals surface area contributed by atoms with Gasteiger partial charge in [-0.3, -0.25) is 9.59 Å². The van der Waals surface area contributed by atoms with Crippen LogP contribution in [0.25, 0.3) is 5.70 Å². The minimum Gasteiger partial charge on any atom is -0.372 e. The lowest BCUT2D eigenvalue weighted by molar-refractivity contribution is -0.138. The van der Waals surface area contributed by atoms with Crippen molar-refractivity contribution >= 4 is 23.3 Å². The Kier molecular flexibility index (Phi) is 6.60. The Morgan fingerprint density at radius 3 is 2.20 bits per heavy atom. The molecule has 35 heavy (non-hydrogen) atoms. The summed E-state index contributed by atoms with van der Waals surface area (Å²) in [5.41, 5.74) is 3.17. The third-order valence-corrected chi connectivity index (χ3v) is 6.18. The molecule has 2 atom stereocenters. The van der Waals surface area contributed by atoms with Gasteiger partial charge in [-0.25, -0.2) is 4.99 Å². The Morgan fingerprint density at radius 1 is 1.03 bits per heavy atom. The number of morpholine rings is 1. The molecule has 2 aromatic carbocycles. The standard InChI is InChI=1S/C28H30N4O3/c1-17-15-32(16-18(2)35-17)27(34)23(14-29)24-21-8-6-7-9-22(21)25(30-24)31-26(33)19-10-12-20(13-11-19)28(3,4)5/h6-13,17-18H,15-16H2,1-5H3,(H,30,31,33). The lowest BCUT2D eigenvalue weighted by atomic mass is 9.87. The second-order valence-corrected chi connectivity index (χ2v) is 10.1. The molecule has 2 heterocycles. The first-order chi connectivity index (χ1) is 16.6. The molecule has 2 aliphatic rings. The Bertz CT molecular complexity index is 1250. The third-order valence-electron chi connectivity index (χ3n) is 6.18. The normalized spacial score (nSPS) is 21.0. The molecule has 7 heteroatoms. The molecule has 1 N–H and O–H groups in total. The van der Waals surface area contributed by atoms with Crippen molar-refractivity contribution in [3.63, 3.8) is 0 Å². The SMILES string of the molecule is CC1CN(C(=O)C(C#N)=C2N=C(NC(=O)c3ccc(C(C)(C)C)cc3)c3ccccc32)CC(C)O1. The van der Waals surface area contributed by atoms with Crippen LogP contribution in [0.4, 0.5) is 0 Å². The highest BCUT2D eigenvalue weighted by Crippen LogP contribution is 2.32. The number of hydrogen-bond acceptors (Lipinski definition) is 5. The van der Waals surface area contributed by atoms with Crippen molar-refractivity contribution in [3.05, 3.63) is 76.4 Å². The van der Waals surface area contributed by atoms with Gasteiger partial charge in [-0.05, 0) is 37.0 Å². The molecule has 0 spiro atoms. The van der Waals surface area contributed by atoms with Gasteiger partial charge in [0, 0.05) is 29.8 Å². The zero-order valence-corrected chi connectivity index (χ0v) is 20.8. The van der Waals surface area contributed by atoms with Crippen LogP contribution in [-0.2, 0) is 14.9 Å². The maximum Gasteiger partial charge on any atom is 0.266 e. The van der Waals surface area contributed by atoms with Crippen molar-refractivity contribution in [2.45, 2.75) is 52.2 Å². The first-order valence-electron chi connectivity index (χ1n) is 11.8. The predicted molar refractivity (Wildman–Crippen MR) is 135 cm³/mol. The van der Waals surface area contributed by atoms with Crippen molar-refractivity contribution in [1.82, 2.24) is 10.2 Å². The van der Waals surface area contributed by atoms with Crippen LogP contribution in [0.15, 0.2) is 59.1 Å².